The molecule has 4 heteroatoms. The van der Waals surface area contributed by atoms with E-state index in [1.165, 1.54) is 0 Å². The Balaban J connectivity index is 2.42. The van der Waals surface area contributed by atoms with Gasteiger partial charge in [0.1, 0.15) is 11.6 Å². The summed E-state index contributed by atoms with van der Waals surface area (Å²) in [7, 11) is 0. The van der Waals surface area contributed by atoms with Gasteiger partial charge in [-0.15, -0.1) is 0 Å². The van der Waals surface area contributed by atoms with Gasteiger partial charge in [0.25, 0.3) is 0 Å². The number of nitrogens with zero attached hydrogens (tertiary/aromatic N) is 3. The van der Waals surface area contributed by atoms with E-state index in [9.17, 15) is 0 Å². The molecule has 2 N–H and O–H groups in total. The molecule has 0 aliphatic rings. The van der Waals surface area contributed by atoms with Crippen molar-refractivity contribution in [3.8, 4) is 5.82 Å². The van der Waals surface area contributed by atoms with Crippen LogP contribution >= 0.6 is 0 Å². The largest absolute Gasteiger partial charge is 0.326 e. The summed E-state index contributed by atoms with van der Waals surface area (Å²) in [5, 5.41) is 0. The highest BCUT2D eigenvalue weighted by Crippen LogP contribution is 2.14. The predicted octanol–water partition coefficient (Wildman–Crippen LogP) is 2.63. The van der Waals surface area contributed by atoms with Gasteiger partial charge in [0.15, 0.2) is 0 Å². The van der Waals surface area contributed by atoms with E-state index in [-0.39, 0.29) is 0 Å². The van der Waals surface area contributed by atoms with Crippen LogP contribution in [0, 0.1) is 0 Å². The zero-order valence-corrected chi connectivity index (χ0v) is 11.8. The van der Waals surface area contributed by atoms with Crippen LogP contribution in [0.15, 0.2) is 24.5 Å². The average molecular weight is 258 g/mol. The Labute approximate surface area is 114 Å². The van der Waals surface area contributed by atoms with Crippen molar-refractivity contribution in [2.45, 2.75) is 46.1 Å². The summed E-state index contributed by atoms with van der Waals surface area (Å²) in [6.07, 6.45) is 7.93. The normalized spacial score (nSPS) is 10.9. The van der Waals surface area contributed by atoms with Crippen molar-refractivity contribution in [3.05, 3.63) is 41.6 Å². The molecule has 19 heavy (non-hydrogen) atoms. The Kier molecular flexibility index (Phi) is 4.68. The molecule has 0 aliphatic heterocycles. The maximum Gasteiger partial charge on any atom is 0.138 e. The molecule has 0 unspecified atom stereocenters. The molecule has 0 amide bonds. The Bertz CT molecular complexity index is 531. The number of nitrogens with two attached hydrogens (primary N) is 1. The molecule has 0 aliphatic carbocycles. The first kappa shape index (κ1) is 13.7. The van der Waals surface area contributed by atoms with Gasteiger partial charge in [0.2, 0.25) is 0 Å². The standard InChI is InChI=1S/C15H22N4/c1-3-5-13-9-12(11-16)10-15(18-13)19-8-7-17-14(19)6-4-2/h7-10H,3-6,11,16H2,1-2H3. The maximum atomic E-state index is 5.78. The van der Waals surface area contributed by atoms with Crippen LogP contribution in [0.5, 0.6) is 0 Å². The molecular weight excluding hydrogens is 236 g/mol. The molecule has 0 radical (unpaired) electrons. The monoisotopic (exact) mass is 258 g/mol. The molecule has 2 rings (SSSR count). The minimum atomic E-state index is 0.546. The number of aromatic nitrogens is 3. The lowest BCUT2D eigenvalue weighted by Gasteiger charge is -2.10. The average Bonchev–Trinajstić information content (AvgIpc) is 2.87. The van der Waals surface area contributed by atoms with Gasteiger partial charge in [-0.25, -0.2) is 9.97 Å². The first-order valence-electron chi connectivity index (χ1n) is 7.01. The molecule has 0 bridgehead atoms. The first-order valence-corrected chi connectivity index (χ1v) is 7.01. The van der Waals surface area contributed by atoms with Gasteiger partial charge in [-0.2, -0.15) is 0 Å². The molecule has 0 saturated carbocycles. The second kappa shape index (κ2) is 6.48. The fourth-order valence-corrected chi connectivity index (χ4v) is 2.21. The van der Waals surface area contributed by atoms with E-state index in [1.54, 1.807) is 0 Å². The van der Waals surface area contributed by atoms with Crippen LogP contribution in [0.25, 0.3) is 5.82 Å². The van der Waals surface area contributed by atoms with Crippen LogP contribution in [0.3, 0.4) is 0 Å². The van der Waals surface area contributed by atoms with Crippen LogP contribution in [0.1, 0.15) is 43.8 Å². The smallest absolute Gasteiger partial charge is 0.138 e. The molecule has 0 saturated heterocycles. The number of rotatable bonds is 6. The van der Waals surface area contributed by atoms with Gasteiger partial charge >= 0.3 is 0 Å². The second-order valence-electron chi connectivity index (χ2n) is 4.74. The summed E-state index contributed by atoms with van der Waals surface area (Å²) < 4.78 is 2.07. The zero-order chi connectivity index (χ0) is 13.7. The molecular formula is C15H22N4. The van der Waals surface area contributed by atoms with Crippen molar-refractivity contribution in [1.82, 2.24) is 14.5 Å². The number of aryl methyl sites for hydroxylation is 2. The van der Waals surface area contributed by atoms with Gasteiger partial charge in [-0.1, -0.05) is 20.3 Å². The third-order valence-corrected chi connectivity index (χ3v) is 3.10. The Morgan fingerprint density at radius 2 is 1.95 bits per heavy atom. The lowest BCUT2D eigenvalue weighted by molar-refractivity contribution is 0.785. The highest BCUT2D eigenvalue weighted by molar-refractivity contribution is 5.32. The van der Waals surface area contributed by atoms with Crippen molar-refractivity contribution in [2.75, 3.05) is 0 Å². The van der Waals surface area contributed by atoms with Crippen molar-refractivity contribution >= 4 is 0 Å². The quantitative estimate of drug-likeness (QED) is 0.866. The molecule has 102 valence electrons. The Morgan fingerprint density at radius 3 is 2.63 bits per heavy atom. The van der Waals surface area contributed by atoms with Gasteiger partial charge in [-0.05, 0) is 30.5 Å². The Hall–Kier alpha value is -1.68. The van der Waals surface area contributed by atoms with Crippen molar-refractivity contribution in [3.63, 3.8) is 0 Å². The number of hydrogen-bond acceptors (Lipinski definition) is 3. The minimum absolute atomic E-state index is 0.546. The van der Waals surface area contributed by atoms with Crippen LogP contribution in [-0.2, 0) is 19.4 Å². The third-order valence-electron chi connectivity index (χ3n) is 3.10. The molecule has 0 atom stereocenters. The summed E-state index contributed by atoms with van der Waals surface area (Å²) >= 11 is 0. The van der Waals surface area contributed by atoms with E-state index in [0.29, 0.717) is 6.54 Å². The SMILES string of the molecule is CCCc1cc(CN)cc(-n2ccnc2CCC)n1. The summed E-state index contributed by atoms with van der Waals surface area (Å²) in [5.74, 6) is 2.00. The van der Waals surface area contributed by atoms with E-state index in [1.807, 2.05) is 12.4 Å². The van der Waals surface area contributed by atoms with Crippen molar-refractivity contribution in [2.24, 2.45) is 5.73 Å². The molecule has 0 aromatic carbocycles. The van der Waals surface area contributed by atoms with Crippen LogP contribution in [0.4, 0.5) is 0 Å². The van der Waals surface area contributed by atoms with Crippen molar-refractivity contribution in [1.29, 1.82) is 0 Å². The minimum Gasteiger partial charge on any atom is -0.326 e. The van der Waals surface area contributed by atoms with Gasteiger partial charge in [-0.3, -0.25) is 4.57 Å². The fraction of sp³-hybridized carbons (Fsp3) is 0.467. The number of hydrogen-bond donors (Lipinski definition) is 1. The van der Waals surface area contributed by atoms with Crippen LogP contribution in [-0.4, -0.2) is 14.5 Å². The van der Waals surface area contributed by atoms with Crippen LogP contribution < -0.4 is 5.73 Å². The first-order chi connectivity index (χ1) is 9.28. The van der Waals surface area contributed by atoms with Gasteiger partial charge < -0.3 is 5.73 Å². The topological polar surface area (TPSA) is 56.7 Å². The second-order valence-corrected chi connectivity index (χ2v) is 4.74. The molecule has 0 spiro atoms. The van der Waals surface area contributed by atoms with Gasteiger partial charge in [0, 0.05) is 31.1 Å². The molecule has 4 nitrogen and oxygen atoms in total. The van der Waals surface area contributed by atoms with E-state index in [0.717, 1.165) is 48.6 Å². The Morgan fingerprint density at radius 1 is 1.16 bits per heavy atom. The highest BCUT2D eigenvalue weighted by atomic mass is 15.1. The summed E-state index contributed by atoms with van der Waals surface area (Å²) in [6.45, 7) is 4.87. The molecule has 2 aromatic rings. The van der Waals surface area contributed by atoms with E-state index >= 15 is 0 Å². The predicted molar refractivity (Wildman–Crippen MR) is 77.2 cm³/mol. The lowest BCUT2D eigenvalue weighted by Crippen LogP contribution is -2.07. The van der Waals surface area contributed by atoms with E-state index in [4.69, 9.17) is 10.7 Å². The van der Waals surface area contributed by atoms with Crippen LogP contribution in [0.2, 0.25) is 0 Å². The number of pyridine rings is 1. The summed E-state index contributed by atoms with van der Waals surface area (Å²) in [5.41, 5.74) is 8.02. The van der Waals surface area contributed by atoms with Crippen molar-refractivity contribution < 1.29 is 0 Å². The highest BCUT2D eigenvalue weighted by Gasteiger charge is 2.08. The molecule has 2 aromatic heterocycles. The van der Waals surface area contributed by atoms with E-state index < -0.39 is 0 Å². The summed E-state index contributed by atoms with van der Waals surface area (Å²) in [6, 6.07) is 4.16. The van der Waals surface area contributed by atoms with E-state index in [2.05, 4.69) is 35.5 Å². The summed E-state index contributed by atoms with van der Waals surface area (Å²) in [4.78, 5) is 9.13. The molecule has 0 fully saturated rings. The zero-order valence-electron chi connectivity index (χ0n) is 11.8. The molecule has 2 heterocycles. The fourth-order valence-electron chi connectivity index (χ4n) is 2.21. The number of imidazole rings is 1. The lowest BCUT2D eigenvalue weighted by atomic mass is 10.1. The maximum absolute atomic E-state index is 5.78. The third kappa shape index (κ3) is 3.20. The van der Waals surface area contributed by atoms with Gasteiger partial charge in [0.05, 0.1) is 0 Å².